The molecule has 0 aliphatic rings. The summed E-state index contributed by atoms with van der Waals surface area (Å²) >= 11 is 5.79. The highest BCUT2D eigenvalue weighted by Gasteiger charge is 2.08. The normalized spacial score (nSPS) is 11.8. The topological polar surface area (TPSA) is 53.2 Å². The van der Waals surface area contributed by atoms with Crippen molar-refractivity contribution in [1.29, 1.82) is 5.26 Å². The molecule has 0 amide bonds. The van der Waals surface area contributed by atoms with Gasteiger partial charge in [0.2, 0.25) is 0 Å². The Morgan fingerprint density at radius 3 is 2.77 bits per heavy atom. The van der Waals surface area contributed by atoms with Crippen LogP contribution in [0.1, 0.15) is 11.7 Å². The summed E-state index contributed by atoms with van der Waals surface area (Å²) in [6.07, 6.45) is -1.14. The maximum atomic E-state index is 9.16. The molecule has 0 saturated heterocycles. The quantitative estimate of drug-likeness (QED) is 0.737. The van der Waals surface area contributed by atoms with Gasteiger partial charge in [-0.3, -0.25) is 0 Å². The zero-order chi connectivity index (χ0) is 9.84. The van der Waals surface area contributed by atoms with Crippen molar-refractivity contribution in [3.05, 3.63) is 28.8 Å². The van der Waals surface area contributed by atoms with Gasteiger partial charge in [-0.2, -0.15) is 5.26 Å². The van der Waals surface area contributed by atoms with Crippen molar-refractivity contribution in [2.24, 2.45) is 0 Å². The van der Waals surface area contributed by atoms with E-state index in [1.54, 1.807) is 18.2 Å². The number of nitrogens with zero attached hydrogens (tertiary/aromatic N) is 1. The minimum Gasteiger partial charge on any atom is -0.495 e. The summed E-state index contributed by atoms with van der Waals surface area (Å²) in [4.78, 5) is 0. The van der Waals surface area contributed by atoms with Crippen molar-refractivity contribution in [1.82, 2.24) is 0 Å². The van der Waals surface area contributed by atoms with Crippen molar-refractivity contribution >= 4 is 11.6 Å². The Bertz CT molecular complexity index is 346. The monoisotopic (exact) mass is 197 g/mol. The largest absolute Gasteiger partial charge is 0.495 e. The van der Waals surface area contributed by atoms with E-state index >= 15 is 0 Å². The Balaban J connectivity index is 3.04. The molecule has 13 heavy (non-hydrogen) atoms. The molecule has 0 aromatic heterocycles. The van der Waals surface area contributed by atoms with E-state index < -0.39 is 6.10 Å². The highest BCUT2D eigenvalue weighted by molar-refractivity contribution is 6.32. The number of aliphatic hydroxyl groups excluding tert-OH is 1. The minimum atomic E-state index is -1.14. The average Bonchev–Trinajstić information content (AvgIpc) is 2.16. The van der Waals surface area contributed by atoms with Gasteiger partial charge in [-0.15, -0.1) is 0 Å². The lowest BCUT2D eigenvalue weighted by Crippen LogP contribution is -1.93. The van der Waals surface area contributed by atoms with E-state index in [1.165, 1.54) is 13.2 Å². The number of methoxy groups -OCH3 is 1. The lowest BCUT2D eigenvalue weighted by molar-refractivity contribution is 0.236. The van der Waals surface area contributed by atoms with Gasteiger partial charge in [0.05, 0.1) is 18.2 Å². The summed E-state index contributed by atoms with van der Waals surface area (Å²) in [6.45, 7) is 0. The van der Waals surface area contributed by atoms with Gasteiger partial charge in [0.25, 0.3) is 0 Å². The van der Waals surface area contributed by atoms with Crippen LogP contribution in [0, 0.1) is 11.3 Å². The summed E-state index contributed by atoms with van der Waals surface area (Å²) in [7, 11) is 1.50. The van der Waals surface area contributed by atoms with Crippen LogP contribution in [0.25, 0.3) is 0 Å². The van der Waals surface area contributed by atoms with Crippen LogP contribution in [0.3, 0.4) is 0 Å². The molecule has 3 nitrogen and oxygen atoms in total. The van der Waals surface area contributed by atoms with Crippen LogP contribution < -0.4 is 4.74 Å². The Hall–Kier alpha value is -1.24. The number of benzene rings is 1. The fourth-order valence-electron chi connectivity index (χ4n) is 0.927. The molecule has 0 fully saturated rings. The lowest BCUT2D eigenvalue weighted by atomic mass is 10.1. The molecule has 1 aromatic rings. The number of ether oxygens (including phenoxy) is 1. The molecule has 4 heteroatoms. The molecule has 0 radical (unpaired) electrons. The van der Waals surface area contributed by atoms with E-state index in [1.807, 2.05) is 0 Å². The highest BCUT2D eigenvalue weighted by atomic mass is 35.5. The fourth-order valence-corrected chi connectivity index (χ4v) is 1.19. The second kappa shape index (κ2) is 4.13. The smallest absolute Gasteiger partial charge is 0.165 e. The van der Waals surface area contributed by atoms with E-state index in [0.29, 0.717) is 16.3 Å². The van der Waals surface area contributed by atoms with Gasteiger partial charge < -0.3 is 9.84 Å². The number of nitriles is 1. The minimum absolute atomic E-state index is 0.384. The first-order valence-electron chi connectivity index (χ1n) is 3.60. The van der Waals surface area contributed by atoms with E-state index in [-0.39, 0.29) is 0 Å². The van der Waals surface area contributed by atoms with Crippen LogP contribution in [0.4, 0.5) is 0 Å². The van der Waals surface area contributed by atoms with Gasteiger partial charge in [0.15, 0.2) is 6.10 Å². The van der Waals surface area contributed by atoms with Crippen LogP contribution in [0.2, 0.25) is 5.02 Å². The third-order valence-electron chi connectivity index (χ3n) is 1.61. The molecule has 1 atom stereocenters. The summed E-state index contributed by atoms with van der Waals surface area (Å²) in [5, 5.41) is 18.0. The maximum absolute atomic E-state index is 9.16. The van der Waals surface area contributed by atoms with Crippen LogP contribution >= 0.6 is 11.6 Å². The molecule has 1 aromatic carbocycles. The molecule has 0 saturated carbocycles. The summed E-state index contributed by atoms with van der Waals surface area (Å²) in [6, 6.07) is 6.42. The lowest BCUT2D eigenvalue weighted by Gasteiger charge is -2.06. The van der Waals surface area contributed by atoms with Crippen molar-refractivity contribution in [3.8, 4) is 11.8 Å². The molecule has 68 valence electrons. The predicted molar refractivity (Wildman–Crippen MR) is 48.6 cm³/mol. The van der Waals surface area contributed by atoms with E-state index in [9.17, 15) is 0 Å². The second-order valence-electron chi connectivity index (χ2n) is 2.43. The third-order valence-corrected chi connectivity index (χ3v) is 1.91. The van der Waals surface area contributed by atoms with Crippen LogP contribution in [0.5, 0.6) is 5.75 Å². The Morgan fingerprint density at radius 1 is 1.62 bits per heavy atom. The summed E-state index contributed by atoms with van der Waals surface area (Å²) in [5.74, 6) is 0.524. The van der Waals surface area contributed by atoms with Crippen molar-refractivity contribution < 1.29 is 9.84 Å². The highest BCUT2D eigenvalue weighted by Crippen LogP contribution is 2.27. The van der Waals surface area contributed by atoms with Gasteiger partial charge >= 0.3 is 0 Å². The van der Waals surface area contributed by atoms with E-state index in [4.69, 9.17) is 26.7 Å². The fraction of sp³-hybridized carbons (Fsp3) is 0.222. The van der Waals surface area contributed by atoms with Crippen molar-refractivity contribution in [2.75, 3.05) is 7.11 Å². The van der Waals surface area contributed by atoms with Gasteiger partial charge in [-0.05, 0) is 17.7 Å². The van der Waals surface area contributed by atoms with Gasteiger partial charge in [0.1, 0.15) is 5.75 Å². The molecular formula is C9H8ClNO2. The van der Waals surface area contributed by atoms with E-state index in [2.05, 4.69) is 0 Å². The molecule has 1 rings (SSSR count). The number of hydrogen-bond donors (Lipinski definition) is 1. The first kappa shape index (κ1) is 9.85. The SMILES string of the molecule is COc1ccc(C(O)C#N)cc1Cl. The average molecular weight is 198 g/mol. The first-order chi connectivity index (χ1) is 6.19. The Kier molecular flexibility index (Phi) is 3.13. The molecule has 1 N–H and O–H groups in total. The Labute approximate surface area is 81.1 Å². The molecule has 0 spiro atoms. The van der Waals surface area contributed by atoms with Gasteiger partial charge in [-0.1, -0.05) is 17.7 Å². The van der Waals surface area contributed by atoms with Crippen LogP contribution in [-0.2, 0) is 0 Å². The third kappa shape index (κ3) is 2.11. The molecule has 1 unspecified atom stereocenters. The summed E-state index contributed by atoms with van der Waals surface area (Å²) < 4.78 is 4.92. The van der Waals surface area contributed by atoms with Crippen molar-refractivity contribution in [2.45, 2.75) is 6.10 Å². The molecule has 0 aliphatic carbocycles. The van der Waals surface area contributed by atoms with Crippen LogP contribution in [-0.4, -0.2) is 12.2 Å². The van der Waals surface area contributed by atoms with Crippen LogP contribution in [0.15, 0.2) is 18.2 Å². The molecular weight excluding hydrogens is 190 g/mol. The number of rotatable bonds is 2. The molecule has 0 heterocycles. The Morgan fingerprint density at radius 2 is 2.31 bits per heavy atom. The standard InChI is InChI=1S/C9H8ClNO2/c1-13-9-3-2-6(4-7(9)10)8(12)5-11/h2-4,8,12H,1H3. The molecule has 0 bridgehead atoms. The number of hydrogen-bond acceptors (Lipinski definition) is 3. The first-order valence-corrected chi connectivity index (χ1v) is 3.98. The number of aliphatic hydroxyl groups is 1. The molecule has 0 aliphatic heterocycles. The number of halogens is 1. The van der Waals surface area contributed by atoms with Gasteiger partial charge in [0, 0.05) is 0 Å². The zero-order valence-corrected chi connectivity index (χ0v) is 7.75. The predicted octanol–water partition coefficient (Wildman–Crippen LogP) is 1.91. The second-order valence-corrected chi connectivity index (χ2v) is 2.83. The maximum Gasteiger partial charge on any atom is 0.165 e. The van der Waals surface area contributed by atoms with Gasteiger partial charge in [-0.25, -0.2) is 0 Å². The zero-order valence-electron chi connectivity index (χ0n) is 6.99. The van der Waals surface area contributed by atoms with E-state index in [0.717, 1.165) is 0 Å². The van der Waals surface area contributed by atoms with Crippen molar-refractivity contribution in [3.63, 3.8) is 0 Å². The summed E-state index contributed by atoms with van der Waals surface area (Å²) in [5.41, 5.74) is 0.466.